The number of likely N-dealkylation sites (N-methyl/N-ethyl adjacent to an activating group) is 1. The van der Waals surface area contributed by atoms with E-state index < -0.39 is 0 Å². The fourth-order valence-electron chi connectivity index (χ4n) is 3.70. The van der Waals surface area contributed by atoms with E-state index in [2.05, 4.69) is 52.1 Å². The molecule has 1 aliphatic heterocycles. The summed E-state index contributed by atoms with van der Waals surface area (Å²) in [6.07, 6.45) is 2.45. The van der Waals surface area contributed by atoms with Crippen molar-refractivity contribution in [2.75, 3.05) is 46.4 Å². The molecule has 1 aromatic carbocycles. The van der Waals surface area contributed by atoms with E-state index in [1.807, 2.05) is 31.2 Å². The molecule has 1 saturated heterocycles. The molecule has 6 nitrogen and oxygen atoms in total. The van der Waals surface area contributed by atoms with Crippen molar-refractivity contribution >= 4 is 5.91 Å². The average Bonchev–Trinajstić information content (AvgIpc) is 3.11. The van der Waals surface area contributed by atoms with Crippen molar-refractivity contribution in [1.82, 2.24) is 19.7 Å². The number of ether oxygens (including phenoxy) is 1. The molecule has 1 unspecified atom stereocenters. The monoisotopic (exact) mass is 384 g/mol. The van der Waals surface area contributed by atoms with Gasteiger partial charge in [-0.3, -0.25) is 9.69 Å². The van der Waals surface area contributed by atoms with Crippen LogP contribution in [0.4, 0.5) is 0 Å². The van der Waals surface area contributed by atoms with Crippen molar-refractivity contribution in [2.45, 2.75) is 19.4 Å². The number of aromatic nitrogens is 1. The average molecular weight is 385 g/mol. The summed E-state index contributed by atoms with van der Waals surface area (Å²) in [7, 11) is 4.23. The van der Waals surface area contributed by atoms with E-state index in [-0.39, 0.29) is 11.9 Å². The van der Waals surface area contributed by atoms with Gasteiger partial charge >= 0.3 is 0 Å². The Labute approximate surface area is 168 Å². The minimum Gasteiger partial charge on any atom is -0.494 e. The molecule has 0 aliphatic carbocycles. The van der Waals surface area contributed by atoms with Gasteiger partial charge < -0.3 is 19.5 Å². The predicted octanol–water partition coefficient (Wildman–Crippen LogP) is 2.07. The molecule has 1 atom stereocenters. The molecule has 6 heteroatoms. The quantitative estimate of drug-likeness (QED) is 0.757. The van der Waals surface area contributed by atoms with Gasteiger partial charge in [-0.2, -0.15) is 0 Å². The first-order valence-corrected chi connectivity index (χ1v) is 10.1. The van der Waals surface area contributed by atoms with Crippen LogP contribution in [0, 0.1) is 0 Å². The lowest BCUT2D eigenvalue weighted by atomic mass is 10.1. The lowest BCUT2D eigenvalue weighted by Gasteiger charge is -2.38. The molecular weight excluding hydrogens is 352 g/mol. The number of carbonyl (C=O) groups excluding carboxylic acids is 1. The molecule has 28 heavy (non-hydrogen) atoms. The Balaban J connectivity index is 1.59. The summed E-state index contributed by atoms with van der Waals surface area (Å²) in [5.74, 6) is 0.892. The smallest absolute Gasteiger partial charge is 0.224 e. The maximum Gasteiger partial charge on any atom is 0.224 e. The van der Waals surface area contributed by atoms with Gasteiger partial charge in [0.2, 0.25) is 5.91 Å². The van der Waals surface area contributed by atoms with Crippen LogP contribution in [0.2, 0.25) is 0 Å². The summed E-state index contributed by atoms with van der Waals surface area (Å²) in [5, 5.41) is 3.16. The summed E-state index contributed by atoms with van der Waals surface area (Å²) < 4.78 is 7.61. The van der Waals surface area contributed by atoms with Gasteiger partial charge in [-0.1, -0.05) is 12.1 Å². The molecule has 152 valence electrons. The van der Waals surface area contributed by atoms with Crippen LogP contribution in [0.1, 0.15) is 24.2 Å². The first-order chi connectivity index (χ1) is 13.6. The van der Waals surface area contributed by atoms with Gasteiger partial charge in [0.25, 0.3) is 0 Å². The Morgan fingerprint density at radius 3 is 2.43 bits per heavy atom. The van der Waals surface area contributed by atoms with Crippen molar-refractivity contribution in [2.24, 2.45) is 7.05 Å². The van der Waals surface area contributed by atoms with Gasteiger partial charge in [-0.25, -0.2) is 0 Å². The summed E-state index contributed by atoms with van der Waals surface area (Å²) in [6, 6.07) is 12.2. The molecule has 1 fully saturated rings. The summed E-state index contributed by atoms with van der Waals surface area (Å²) >= 11 is 0. The van der Waals surface area contributed by atoms with Crippen LogP contribution < -0.4 is 10.1 Å². The number of amides is 1. The molecule has 3 rings (SSSR count). The van der Waals surface area contributed by atoms with Crippen molar-refractivity contribution in [3.8, 4) is 5.75 Å². The van der Waals surface area contributed by atoms with E-state index in [1.165, 1.54) is 5.69 Å². The Morgan fingerprint density at radius 2 is 1.82 bits per heavy atom. The fraction of sp³-hybridized carbons (Fsp3) is 0.500. The van der Waals surface area contributed by atoms with Crippen LogP contribution >= 0.6 is 0 Å². The molecule has 0 spiro atoms. The Bertz CT molecular complexity index is 748. The van der Waals surface area contributed by atoms with Gasteiger partial charge in [0, 0.05) is 51.7 Å². The first kappa shape index (κ1) is 20.4. The number of aryl methyl sites for hydroxylation is 1. The first-order valence-electron chi connectivity index (χ1n) is 10.1. The van der Waals surface area contributed by atoms with Gasteiger partial charge in [-0.05, 0) is 43.8 Å². The number of carbonyl (C=O) groups is 1. The Morgan fingerprint density at radius 1 is 1.11 bits per heavy atom. The number of benzene rings is 1. The maximum atomic E-state index is 12.5. The second-order valence-corrected chi connectivity index (χ2v) is 7.46. The molecule has 0 bridgehead atoms. The predicted molar refractivity (Wildman–Crippen MR) is 112 cm³/mol. The zero-order valence-corrected chi connectivity index (χ0v) is 17.2. The Kier molecular flexibility index (Phi) is 7.12. The number of hydrogen-bond acceptors (Lipinski definition) is 4. The second kappa shape index (κ2) is 9.75. The van der Waals surface area contributed by atoms with Crippen LogP contribution in [-0.2, 0) is 18.3 Å². The highest BCUT2D eigenvalue weighted by molar-refractivity contribution is 5.78. The minimum absolute atomic E-state index is 0.0532. The van der Waals surface area contributed by atoms with Gasteiger partial charge in [0.05, 0.1) is 19.1 Å². The lowest BCUT2D eigenvalue weighted by Crippen LogP contribution is -2.49. The van der Waals surface area contributed by atoms with E-state index in [0.717, 1.165) is 37.5 Å². The third-order valence-corrected chi connectivity index (χ3v) is 5.40. The van der Waals surface area contributed by atoms with E-state index in [1.54, 1.807) is 0 Å². The van der Waals surface area contributed by atoms with Crippen molar-refractivity contribution < 1.29 is 9.53 Å². The zero-order chi connectivity index (χ0) is 19.9. The molecule has 1 amide bonds. The van der Waals surface area contributed by atoms with Crippen LogP contribution in [0.5, 0.6) is 5.75 Å². The molecule has 2 heterocycles. The van der Waals surface area contributed by atoms with Crippen LogP contribution in [0.3, 0.4) is 0 Å². The fourth-order valence-corrected chi connectivity index (χ4v) is 3.70. The topological polar surface area (TPSA) is 49.7 Å². The molecule has 0 saturated carbocycles. The number of nitrogens with zero attached hydrogens (tertiary/aromatic N) is 3. The van der Waals surface area contributed by atoms with Crippen LogP contribution in [-0.4, -0.2) is 66.7 Å². The van der Waals surface area contributed by atoms with Crippen LogP contribution in [0.15, 0.2) is 42.6 Å². The number of piperazine rings is 1. The highest BCUT2D eigenvalue weighted by Crippen LogP contribution is 2.22. The molecule has 2 aromatic rings. The van der Waals surface area contributed by atoms with E-state index in [9.17, 15) is 4.79 Å². The van der Waals surface area contributed by atoms with E-state index in [0.29, 0.717) is 19.6 Å². The van der Waals surface area contributed by atoms with Crippen molar-refractivity contribution in [3.63, 3.8) is 0 Å². The molecule has 1 aliphatic rings. The van der Waals surface area contributed by atoms with Crippen molar-refractivity contribution in [1.29, 1.82) is 0 Å². The molecule has 1 aromatic heterocycles. The van der Waals surface area contributed by atoms with Gasteiger partial charge in [-0.15, -0.1) is 0 Å². The second-order valence-electron chi connectivity index (χ2n) is 7.46. The number of hydrogen-bond donors (Lipinski definition) is 1. The summed E-state index contributed by atoms with van der Waals surface area (Å²) in [4.78, 5) is 17.4. The summed E-state index contributed by atoms with van der Waals surface area (Å²) in [6.45, 7) is 7.37. The highest BCUT2D eigenvalue weighted by atomic mass is 16.5. The van der Waals surface area contributed by atoms with E-state index in [4.69, 9.17) is 4.74 Å². The SMILES string of the molecule is CCOc1ccc(CC(=O)NCC(c2cccn2C)N2CCN(C)CC2)cc1. The minimum atomic E-state index is 0.0532. The molecule has 0 radical (unpaired) electrons. The van der Waals surface area contributed by atoms with E-state index >= 15 is 0 Å². The molecular formula is C22H32N4O2. The standard InChI is InChI=1S/C22H32N4O2/c1-4-28-19-9-7-18(8-10-19)16-22(27)23-17-21(20-6-5-11-25(20)3)26-14-12-24(2)13-15-26/h5-11,21H,4,12-17H2,1-3H3,(H,23,27). The van der Waals surface area contributed by atoms with Crippen LogP contribution in [0.25, 0.3) is 0 Å². The third kappa shape index (κ3) is 5.36. The molecule has 1 N–H and O–H groups in total. The van der Waals surface area contributed by atoms with Crippen molar-refractivity contribution in [3.05, 3.63) is 53.9 Å². The largest absolute Gasteiger partial charge is 0.494 e. The van der Waals surface area contributed by atoms with Gasteiger partial charge in [0.15, 0.2) is 0 Å². The van der Waals surface area contributed by atoms with Gasteiger partial charge in [0.1, 0.15) is 5.75 Å². The third-order valence-electron chi connectivity index (χ3n) is 5.40. The summed E-state index contributed by atoms with van der Waals surface area (Å²) in [5.41, 5.74) is 2.24. The number of rotatable bonds is 8. The highest BCUT2D eigenvalue weighted by Gasteiger charge is 2.25. The maximum absolute atomic E-state index is 12.5. The Hall–Kier alpha value is -2.31. The lowest BCUT2D eigenvalue weighted by molar-refractivity contribution is -0.120. The normalized spacial score (nSPS) is 16.7. The zero-order valence-electron chi connectivity index (χ0n) is 17.2. The number of nitrogens with one attached hydrogen (secondary N) is 1.